The van der Waals surface area contributed by atoms with Crippen LogP contribution >= 0.6 is 0 Å². The Bertz CT molecular complexity index is 461. The third kappa shape index (κ3) is 2.90. The Morgan fingerprint density at radius 3 is 2.28 bits per heavy atom. The summed E-state index contributed by atoms with van der Waals surface area (Å²) in [6, 6.07) is 2.08. The van der Waals surface area contributed by atoms with Crippen LogP contribution in [0, 0.1) is 0 Å². The van der Waals surface area contributed by atoms with Crippen molar-refractivity contribution in [2.75, 3.05) is 5.73 Å². The molecule has 8 heteroatoms. The molecule has 0 amide bonds. The highest BCUT2D eigenvalue weighted by atomic mass is 19.4. The third-order valence-electron chi connectivity index (χ3n) is 2.28. The van der Waals surface area contributed by atoms with Crippen LogP contribution in [0.5, 0.6) is 0 Å². The van der Waals surface area contributed by atoms with Crippen molar-refractivity contribution >= 4 is 11.7 Å². The number of aliphatic hydroxyl groups excluding tert-OH is 2. The van der Waals surface area contributed by atoms with Crippen molar-refractivity contribution in [3.05, 3.63) is 29.3 Å². The van der Waals surface area contributed by atoms with E-state index in [2.05, 4.69) is 0 Å². The Morgan fingerprint density at radius 2 is 1.83 bits per heavy atom. The monoisotopic (exact) mass is 265 g/mol. The van der Waals surface area contributed by atoms with Crippen LogP contribution in [0.25, 0.3) is 0 Å². The molecule has 0 heterocycles. The largest absolute Gasteiger partial charge is 0.479 e. The molecule has 0 aromatic heterocycles. The number of alkyl halides is 3. The van der Waals surface area contributed by atoms with Gasteiger partial charge in [0.1, 0.15) is 6.10 Å². The lowest BCUT2D eigenvalue weighted by molar-refractivity contribution is -0.153. The first-order chi connectivity index (χ1) is 8.14. The number of nitrogens with two attached hydrogens (primary N) is 1. The summed E-state index contributed by atoms with van der Waals surface area (Å²) < 4.78 is 37.3. The van der Waals surface area contributed by atoms with Crippen LogP contribution in [0.4, 0.5) is 18.9 Å². The van der Waals surface area contributed by atoms with Crippen molar-refractivity contribution in [2.45, 2.75) is 18.4 Å². The first kappa shape index (κ1) is 14.3. The van der Waals surface area contributed by atoms with Crippen LogP contribution in [-0.2, 0) is 11.0 Å². The zero-order valence-electron chi connectivity index (χ0n) is 8.85. The number of nitrogen functional groups attached to an aromatic ring is 1. The first-order valence-corrected chi connectivity index (χ1v) is 4.70. The van der Waals surface area contributed by atoms with Gasteiger partial charge in [-0.3, -0.25) is 0 Å². The molecule has 0 spiro atoms. The second-order valence-electron chi connectivity index (χ2n) is 3.57. The molecule has 18 heavy (non-hydrogen) atoms. The summed E-state index contributed by atoms with van der Waals surface area (Å²) in [4.78, 5) is 10.4. The minimum absolute atomic E-state index is 0.240. The molecule has 100 valence electrons. The Hall–Kier alpha value is -1.80. The maximum absolute atomic E-state index is 12.4. The highest BCUT2D eigenvalue weighted by Gasteiger charge is 2.33. The summed E-state index contributed by atoms with van der Waals surface area (Å²) in [5, 5.41) is 27.0. The van der Waals surface area contributed by atoms with Gasteiger partial charge in [0, 0.05) is 11.3 Å². The molecule has 0 fully saturated rings. The lowest BCUT2D eigenvalue weighted by Crippen LogP contribution is -2.28. The van der Waals surface area contributed by atoms with E-state index in [-0.39, 0.29) is 5.69 Å². The van der Waals surface area contributed by atoms with Crippen molar-refractivity contribution in [1.82, 2.24) is 0 Å². The van der Waals surface area contributed by atoms with Gasteiger partial charge in [-0.25, -0.2) is 4.79 Å². The number of halogens is 3. The molecule has 2 unspecified atom stereocenters. The molecular formula is C10H10F3NO4. The van der Waals surface area contributed by atoms with Crippen LogP contribution in [0.15, 0.2) is 18.2 Å². The summed E-state index contributed by atoms with van der Waals surface area (Å²) in [5.74, 6) is -1.76. The number of benzene rings is 1. The minimum Gasteiger partial charge on any atom is -0.479 e. The number of aliphatic carboxylic acids is 1. The number of carbonyl (C=O) groups is 1. The molecule has 0 radical (unpaired) electrons. The van der Waals surface area contributed by atoms with Crippen LogP contribution in [-0.4, -0.2) is 27.4 Å². The quantitative estimate of drug-likeness (QED) is 0.604. The van der Waals surface area contributed by atoms with Gasteiger partial charge in [0.05, 0.1) is 5.56 Å². The van der Waals surface area contributed by atoms with Gasteiger partial charge in [0.2, 0.25) is 0 Å². The maximum atomic E-state index is 12.4. The fourth-order valence-corrected chi connectivity index (χ4v) is 1.31. The minimum atomic E-state index is -4.66. The zero-order chi connectivity index (χ0) is 14.1. The van der Waals surface area contributed by atoms with E-state index in [1.807, 2.05) is 0 Å². The standard InChI is InChI=1S/C10H10F3NO4/c11-10(12,13)4-1-2-6(14)5(3-4)7(15)8(16)9(17)18/h1-3,7-8,15-16H,14H2,(H,17,18). The number of anilines is 1. The van der Waals surface area contributed by atoms with Gasteiger partial charge in [-0.2, -0.15) is 13.2 Å². The second-order valence-corrected chi connectivity index (χ2v) is 3.57. The number of hydrogen-bond acceptors (Lipinski definition) is 4. The van der Waals surface area contributed by atoms with E-state index < -0.39 is 35.5 Å². The van der Waals surface area contributed by atoms with Crippen molar-refractivity contribution < 1.29 is 33.3 Å². The van der Waals surface area contributed by atoms with E-state index in [1.54, 1.807) is 0 Å². The van der Waals surface area contributed by atoms with Gasteiger partial charge >= 0.3 is 12.1 Å². The Balaban J connectivity index is 3.20. The molecule has 5 N–H and O–H groups in total. The van der Waals surface area contributed by atoms with Gasteiger partial charge in [-0.05, 0) is 18.2 Å². The van der Waals surface area contributed by atoms with Gasteiger partial charge in [0.15, 0.2) is 6.10 Å². The molecule has 0 aliphatic rings. The van der Waals surface area contributed by atoms with Crippen molar-refractivity contribution in [3.8, 4) is 0 Å². The average Bonchev–Trinajstić information content (AvgIpc) is 2.26. The second kappa shape index (κ2) is 4.83. The molecule has 0 aliphatic heterocycles. The number of aliphatic hydroxyl groups is 2. The molecule has 0 aliphatic carbocycles. The lowest BCUT2D eigenvalue weighted by Gasteiger charge is -2.18. The normalized spacial score (nSPS) is 15.2. The molecule has 1 aromatic rings. The fourth-order valence-electron chi connectivity index (χ4n) is 1.31. The molecule has 1 rings (SSSR count). The predicted molar refractivity (Wildman–Crippen MR) is 54.5 cm³/mol. The van der Waals surface area contributed by atoms with Crippen LogP contribution in [0.3, 0.4) is 0 Å². The van der Waals surface area contributed by atoms with E-state index in [1.165, 1.54) is 0 Å². The topological polar surface area (TPSA) is 104 Å². The molecule has 5 nitrogen and oxygen atoms in total. The Labute approximate surface area is 99.3 Å². The van der Waals surface area contributed by atoms with E-state index in [9.17, 15) is 23.1 Å². The number of hydrogen-bond donors (Lipinski definition) is 4. The molecule has 0 bridgehead atoms. The van der Waals surface area contributed by atoms with E-state index in [4.69, 9.17) is 15.9 Å². The Kier molecular flexibility index (Phi) is 3.82. The highest BCUT2D eigenvalue weighted by Crippen LogP contribution is 2.33. The summed E-state index contributed by atoms with van der Waals surface area (Å²) in [5.41, 5.74) is 3.52. The predicted octanol–water partition coefficient (Wildman–Crippen LogP) is 0.766. The summed E-state index contributed by atoms with van der Waals surface area (Å²) in [6.45, 7) is 0. The summed E-state index contributed by atoms with van der Waals surface area (Å²) in [6.07, 6.45) is -8.95. The first-order valence-electron chi connectivity index (χ1n) is 4.70. The molecule has 0 saturated heterocycles. The number of rotatable bonds is 3. The van der Waals surface area contributed by atoms with Gasteiger partial charge in [-0.1, -0.05) is 0 Å². The van der Waals surface area contributed by atoms with Gasteiger partial charge in [0.25, 0.3) is 0 Å². The lowest BCUT2D eigenvalue weighted by atomic mass is 10.00. The van der Waals surface area contributed by atoms with Crippen LogP contribution in [0.2, 0.25) is 0 Å². The highest BCUT2D eigenvalue weighted by molar-refractivity contribution is 5.73. The van der Waals surface area contributed by atoms with Gasteiger partial charge in [-0.15, -0.1) is 0 Å². The smallest absolute Gasteiger partial charge is 0.416 e. The van der Waals surface area contributed by atoms with Crippen LogP contribution < -0.4 is 5.73 Å². The van der Waals surface area contributed by atoms with Crippen molar-refractivity contribution in [3.63, 3.8) is 0 Å². The Morgan fingerprint density at radius 1 is 1.28 bits per heavy atom. The van der Waals surface area contributed by atoms with Crippen molar-refractivity contribution in [2.24, 2.45) is 0 Å². The molecular weight excluding hydrogens is 255 g/mol. The fraction of sp³-hybridized carbons (Fsp3) is 0.300. The van der Waals surface area contributed by atoms with E-state index in [0.29, 0.717) is 12.1 Å². The molecule has 2 atom stereocenters. The molecule has 0 saturated carbocycles. The molecule has 1 aromatic carbocycles. The van der Waals surface area contributed by atoms with E-state index in [0.717, 1.165) is 6.07 Å². The third-order valence-corrected chi connectivity index (χ3v) is 2.28. The SMILES string of the molecule is Nc1ccc(C(F)(F)F)cc1C(O)C(O)C(=O)O. The summed E-state index contributed by atoms with van der Waals surface area (Å²) >= 11 is 0. The van der Waals surface area contributed by atoms with E-state index >= 15 is 0 Å². The number of carboxylic acid groups (broad SMARTS) is 1. The number of carboxylic acids is 1. The maximum Gasteiger partial charge on any atom is 0.416 e. The van der Waals surface area contributed by atoms with Crippen LogP contribution in [0.1, 0.15) is 17.2 Å². The van der Waals surface area contributed by atoms with Crippen molar-refractivity contribution in [1.29, 1.82) is 0 Å². The average molecular weight is 265 g/mol. The van der Waals surface area contributed by atoms with Gasteiger partial charge < -0.3 is 21.1 Å². The zero-order valence-corrected chi connectivity index (χ0v) is 8.85. The summed E-state index contributed by atoms with van der Waals surface area (Å²) in [7, 11) is 0.